The lowest BCUT2D eigenvalue weighted by molar-refractivity contribution is 0.0997. The Morgan fingerprint density at radius 2 is 1.82 bits per heavy atom. The summed E-state index contributed by atoms with van der Waals surface area (Å²) in [5.74, 6) is -0.186. The number of nitrogens with zero attached hydrogens (tertiary/aromatic N) is 2. The zero-order chi connectivity index (χ0) is 15.9. The number of rotatable bonds is 1. The summed E-state index contributed by atoms with van der Waals surface area (Å²) < 4.78 is 3.18. The molecule has 0 atom stereocenters. The zero-order valence-corrected chi connectivity index (χ0v) is 14.0. The van der Waals surface area contributed by atoms with E-state index in [-0.39, 0.29) is 5.91 Å². The molecule has 0 saturated carbocycles. The van der Waals surface area contributed by atoms with Crippen LogP contribution in [0.5, 0.6) is 0 Å². The van der Waals surface area contributed by atoms with Crippen molar-refractivity contribution in [2.24, 2.45) is 12.0 Å². The Kier molecular flexibility index (Phi) is 3.71. The van der Waals surface area contributed by atoms with Gasteiger partial charge in [-0.2, -0.15) is 4.99 Å². The summed E-state index contributed by atoms with van der Waals surface area (Å²) in [6.45, 7) is 6.11. The van der Waals surface area contributed by atoms with Crippen molar-refractivity contribution >= 4 is 27.5 Å². The monoisotopic (exact) mass is 310 g/mol. The first-order valence-electron chi connectivity index (χ1n) is 7.19. The third-order valence-electron chi connectivity index (χ3n) is 3.81. The first kappa shape index (κ1) is 14.7. The molecule has 1 aromatic heterocycles. The highest BCUT2D eigenvalue weighted by Crippen LogP contribution is 2.22. The van der Waals surface area contributed by atoms with E-state index in [0.29, 0.717) is 5.56 Å². The van der Waals surface area contributed by atoms with Gasteiger partial charge in [-0.25, -0.2) is 0 Å². The Labute approximate surface area is 133 Å². The van der Waals surface area contributed by atoms with Crippen LogP contribution in [0.1, 0.15) is 27.0 Å². The summed E-state index contributed by atoms with van der Waals surface area (Å²) in [6.07, 6.45) is 0. The SMILES string of the molecule is Cc1cc(C)c2sc(=NC(=O)c3ccccc3C)n(C)c2c1. The van der Waals surface area contributed by atoms with Gasteiger partial charge in [0.15, 0.2) is 4.80 Å². The minimum absolute atomic E-state index is 0.186. The lowest BCUT2D eigenvalue weighted by Gasteiger charge is -2.01. The van der Waals surface area contributed by atoms with Crippen molar-refractivity contribution in [1.29, 1.82) is 0 Å². The first-order chi connectivity index (χ1) is 10.5. The molecule has 1 heterocycles. The van der Waals surface area contributed by atoms with Crippen LogP contribution in [0.25, 0.3) is 10.2 Å². The minimum Gasteiger partial charge on any atom is -0.319 e. The molecular formula is C18H18N2OS. The van der Waals surface area contributed by atoms with Gasteiger partial charge in [-0.05, 0) is 49.6 Å². The van der Waals surface area contributed by atoms with E-state index in [2.05, 4.69) is 31.0 Å². The second-order valence-electron chi connectivity index (χ2n) is 5.61. The number of benzene rings is 2. The molecule has 3 aromatic rings. The third-order valence-corrected chi connectivity index (χ3v) is 5.10. The van der Waals surface area contributed by atoms with Crippen LogP contribution in [-0.4, -0.2) is 10.5 Å². The average Bonchev–Trinajstić information content (AvgIpc) is 2.77. The molecule has 0 aliphatic carbocycles. The van der Waals surface area contributed by atoms with Crippen LogP contribution >= 0.6 is 11.3 Å². The number of fused-ring (bicyclic) bond motifs is 1. The fourth-order valence-electron chi connectivity index (χ4n) is 2.63. The number of thiazole rings is 1. The van der Waals surface area contributed by atoms with E-state index in [1.54, 1.807) is 11.3 Å². The van der Waals surface area contributed by atoms with Gasteiger partial charge in [0.05, 0.1) is 10.2 Å². The van der Waals surface area contributed by atoms with E-state index >= 15 is 0 Å². The van der Waals surface area contributed by atoms with Crippen molar-refractivity contribution < 1.29 is 4.79 Å². The maximum Gasteiger partial charge on any atom is 0.279 e. The van der Waals surface area contributed by atoms with Crippen molar-refractivity contribution in [3.05, 3.63) is 63.5 Å². The summed E-state index contributed by atoms with van der Waals surface area (Å²) in [4.78, 5) is 17.5. The second-order valence-corrected chi connectivity index (χ2v) is 6.58. The number of amides is 1. The van der Waals surface area contributed by atoms with E-state index in [1.807, 2.05) is 42.8 Å². The fourth-order valence-corrected chi connectivity index (χ4v) is 3.70. The normalized spacial score (nSPS) is 12.1. The molecule has 0 aliphatic heterocycles. The Balaban J connectivity index is 2.18. The Hall–Kier alpha value is -2.20. The first-order valence-corrected chi connectivity index (χ1v) is 8.00. The number of aromatic nitrogens is 1. The maximum absolute atomic E-state index is 12.4. The standard InChI is InChI=1S/C18H18N2OS/c1-11-9-13(3)16-15(10-11)20(4)18(22-16)19-17(21)14-8-6-5-7-12(14)2/h5-10H,1-4H3. The molecule has 0 spiro atoms. The predicted molar refractivity (Wildman–Crippen MR) is 91.3 cm³/mol. The Morgan fingerprint density at radius 1 is 1.09 bits per heavy atom. The van der Waals surface area contributed by atoms with Crippen LogP contribution in [-0.2, 0) is 7.05 Å². The molecule has 0 unspecified atom stereocenters. The molecule has 0 radical (unpaired) electrons. The van der Waals surface area contributed by atoms with Crippen LogP contribution in [0.4, 0.5) is 0 Å². The van der Waals surface area contributed by atoms with Gasteiger partial charge in [0.25, 0.3) is 5.91 Å². The number of hydrogen-bond acceptors (Lipinski definition) is 2. The number of aryl methyl sites for hydroxylation is 4. The molecule has 3 rings (SSSR count). The highest BCUT2D eigenvalue weighted by molar-refractivity contribution is 7.16. The quantitative estimate of drug-likeness (QED) is 0.671. The molecule has 0 aliphatic rings. The van der Waals surface area contributed by atoms with E-state index in [0.717, 1.165) is 15.9 Å². The van der Waals surface area contributed by atoms with E-state index in [1.165, 1.54) is 15.8 Å². The Morgan fingerprint density at radius 3 is 2.55 bits per heavy atom. The van der Waals surface area contributed by atoms with Crippen molar-refractivity contribution in [3.63, 3.8) is 0 Å². The van der Waals surface area contributed by atoms with Crippen molar-refractivity contribution in [2.75, 3.05) is 0 Å². The summed E-state index contributed by atoms with van der Waals surface area (Å²) in [7, 11) is 1.96. The molecule has 4 heteroatoms. The van der Waals surface area contributed by atoms with E-state index < -0.39 is 0 Å². The zero-order valence-electron chi connectivity index (χ0n) is 13.2. The van der Waals surface area contributed by atoms with Gasteiger partial charge in [-0.3, -0.25) is 4.79 Å². The van der Waals surface area contributed by atoms with Crippen LogP contribution in [0.15, 0.2) is 41.4 Å². The number of carbonyl (C=O) groups is 1. The van der Waals surface area contributed by atoms with Crippen LogP contribution in [0.2, 0.25) is 0 Å². The average molecular weight is 310 g/mol. The van der Waals surface area contributed by atoms with Gasteiger partial charge >= 0.3 is 0 Å². The molecule has 3 nitrogen and oxygen atoms in total. The molecule has 22 heavy (non-hydrogen) atoms. The lowest BCUT2D eigenvalue weighted by Crippen LogP contribution is -2.13. The highest BCUT2D eigenvalue weighted by atomic mass is 32.1. The summed E-state index contributed by atoms with van der Waals surface area (Å²) >= 11 is 1.56. The summed E-state index contributed by atoms with van der Waals surface area (Å²) in [5.41, 5.74) is 5.18. The van der Waals surface area contributed by atoms with Crippen molar-refractivity contribution in [2.45, 2.75) is 20.8 Å². The van der Waals surface area contributed by atoms with Gasteiger partial charge in [-0.1, -0.05) is 35.6 Å². The largest absolute Gasteiger partial charge is 0.319 e. The van der Waals surface area contributed by atoms with Crippen LogP contribution in [0.3, 0.4) is 0 Å². The van der Waals surface area contributed by atoms with E-state index in [9.17, 15) is 4.79 Å². The summed E-state index contributed by atoms with van der Waals surface area (Å²) in [5, 5.41) is 0. The molecule has 112 valence electrons. The molecule has 0 fully saturated rings. The molecular weight excluding hydrogens is 292 g/mol. The third kappa shape index (κ3) is 2.50. The summed E-state index contributed by atoms with van der Waals surface area (Å²) in [6, 6.07) is 11.8. The predicted octanol–water partition coefficient (Wildman–Crippen LogP) is 3.91. The maximum atomic E-state index is 12.4. The number of hydrogen-bond donors (Lipinski definition) is 0. The van der Waals surface area contributed by atoms with Gasteiger partial charge in [-0.15, -0.1) is 0 Å². The van der Waals surface area contributed by atoms with E-state index in [4.69, 9.17) is 0 Å². The number of carbonyl (C=O) groups excluding carboxylic acids is 1. The molecule has 1 amide bonds. The highest BCUT2D eigenvalue weighted by Gasteiger charge is 2.10. The lowest BCUT2D eigenvalue weighted by atomic mass is 10.1. The smallest absolute Gasteiger partial charge is 0.279 e. The van der Waals surface area contributed by atoms with Crippen molar-refractivity contribution in [1.82, 2.24) is 4.57 Å². The second kappa shape index (κ2) is 5.54. The van der Waals surface area contributed by atoms with Crippen LogP contribution < -0.4 is 4.80 Å². The molecule has 0 N–H and O–H groups in total. The fraction of sp³-hybridized carbons (Fsp3) is 0.222. The van der Waals surface area contributed by atoms with Gasteiger partial charge in [0, 0.05) is 12.6 Å². The molecule has 2 aromatic carbocycles. The van der Waals surface area contributed by atoms with Gasteiger partial charge in [0.2, 0.25) is 0 Å². The minimum atomic E-state index is -0.186. The topological polar surface area (TPSA) is 34.4 Å². The molecule has 0 bridgehead atoms. The molecule has 0 saturated heterocycles. The Bertz CT molecular complexity index is 947. The van der Waals surface area contributed by atoms with Gasteiger partial charge < -0.3 is 4.57 Å². The van der Waals surface area contributed by atoms with Crippen LogP contribution in [0, 0.1) is 20.8 Å². The van der Waals surface area contributed by atoms with Gasteiger partial charge in [0.1, 0.15) is 0 Å². The van der Waals surface area contributed by atoms with Crippen molar-refractivity contribution in [3.8, 4) is 0 Å².